The second-order valence-electron chi connectivity index (χ2n) is 8.93. The van der Waals surface area contributed by atoms with Gasteiger partial charge in [0.2, 0.25) is 0 Å². The summed E-state index contributed by atoms with van der Waals surface area (Å²) in [6, 6.07) is 6.90. The first kappa shape index (κ1) is 20.4. The largest absolute Gasteiger partial charge is 0.480 e. The first-order chi connectivity index (χ1) is 13.9. The van der Waals surface area contributed by atoms with Gasteiger partial charge in [-0.05, 0) is 35.3 Å². The van der Waals surface area contributed by atoms with Gasteiger partial charge in [-0.3, -0.25) is 9.78 Å². The highest BCUT2D eigenvalue weighted by molar-refractivity contribution is 5.78. The predicted octanol–water partition coefficient (Wildman–Crippen LogP) is 4.23. The molecule has 160 valence electrons. The van der Waals surface area contributed by atoms with Crippen LogP contribution >= 0.6 is 0 Å². The zero-order valence-electron chi connectivity index (χ0n) is 16.9. The SMILES string of the molecule is CC(C)(C)c1ccc([C@@H](C2CC2)n2nc(CC(F)(F)F)c3c(=O)[nH]c(O)nc32)cc1. The van der Waals surface area contributed by atoms with Crippen LogP contribution in [0.2, 0.25) is 0 Å². The van der Waals surface area contributed by atoms with Crippen molar-refractivity contribution in [3.8, 4) is 6.01 Å². The minimum atomic E-state index is -4.53. The molecule has 0 radical (unpaired) electrons. The van der Waals surface area contributed by atoms with Crippen molar-refractivity contribution in [3.05, 3.63) is 51.4 Å². The third-order valence-electron chi connectivity index (χ3n) is 5.44. The third-order valence-corrected chi connectivity index (χ3v) is 5.44. The van der Waals surface area contributed by atoms with Crippen molar-refractivity contribution in [2.24, 2.45) is 5.92 Å². The van der Waals surface area contributed by atoms with Crippen LogP contribution in [0.4, 0.5) is 13.2 Å². The molecule has 2 heterocycles. The van der Waals surface area contributed by atoms with Crippen molar-refractivity contribution < 1.29 is 18.3 Å². The number of H-pyrrole nitrogens is 1. The summed E-state index contributed by atoms with van der Waals surface area (Å²) in [6.45, 7) is 6.30. The number of aromatic nitrogens is 4. The zero-order valence-corrected chi connectivity index (χ0v) is 16.9. The molecule has 2 N–H and O–H groups in total. The van der Waals surface area contributed by atoms with E-state index in [-0.39, 0.29) is 34.1 Å². The van der Waals surface area contributed by atoms with Gasteiger partial charge in [0, 0.05) is 0 Å². The lowest BCUT2D eigenvalue weighted by Crippen LogP contribution is -2.17. The van der Waals surface area contributed by atoms with Crippen LogP contribution in [0.25, 0.3) is 11.0 Å². The lowest BCUT2D eigenvalue weighted by molar-refractivity contribution is -0.127. The lowest BCUT2D eigenvalue weighted by atomic mass is 9.86. The molecule has 1 aliphatic carbocycles. The number of hydrogen-bond donors (Lipinski definition) is 2. The molecular weight excluding hydrogens is 397 g/mol. The average Bonchev–Trinajstić information content (AvgIpc) is 3.37. The van der Waals surface area contributed by atoms with Gasteiger partial charge >= 0.3 is 6.18 Å². The number of halogens is 3. The molecular formula is C21H23F3N4O2. The Hall–Kier alpha value is -2.84. The smallest absolute Gasteiger partial charge is 0.394 e. The molecule has 4 rings (SSSR count). The van der Waals surface area contributed by atoms with Crippen molar-refractivity contribution >= 4 is 11.0 Å². The molecule has 30 heavy (non-hydrogen) atoms. The van der Waals surface area contributed by atoms with Crippen molar-refractivity contribution in [1.82, 2.24) is 19.7 Å². The quantitative estimate of drug-likeness (QED) is 0.662. The molecule has 0 spiro atoms. The highest BCUT2D eigenvalue weighted by Gasteiger charge is 2.38. The number of nitrogens with one attached hydrogen (secondary N) is 1. The van der Waals surface area contributed by atoms with Crippen LogP contribution in [0.5, 0.6) is 6.01 Å². The summed E-state index contributed by atoms with van der Waals surface area (Å²) in [6.07, 6.45) is -4.07. The topological polar surface area (TPSA) is 83.8 Å². The van der Waals surface area contributed by atoms with Crippen molar-refractivity contribution in [3.63, 3.8) is 0 Å². The molecule has 3 aromatic rings. The van der Waals surface area contributed by atoms with Gasteiger partial charge in [-0.2, -0.15) is 23.3 Å². The monoisotopic (exact) mass is 420 g/mol. The fourth-order valence-electron chi connectivity index (χ4n) is 3.82. The number of rotatable bonds is 4. The van der Waals surface area contributed by atoms with E-state index in [1.807, 2.05) is 24.3 Å². The molecule has 0 bridgehead atoms. The van der Waals surface area contributed by atoms with E-state index in [0.717, 1.165) is 24.0 Å². The highest BCUT2D eigenvalue weighted by atomic mass is 19.4. The third kappa shape index (κ3) is 3.93. The molecule has 0 unspecified atom stereocenters. The predicted molar refractivity (Wildman–Crippen MR) is 106 cm³/mol. The van der Waals surface area contributed by atoms with Gasteiger partial charge in [-0.25, -0.2) is 4.68 Å². The lowest BCUT2D eigenvalue weighted by Gasteiger charge is -2.22. The van der Waals surface area contributed by atoms with E-state index >= 15 is 0 Å². The van der Waals surface area contributed by atoms with E-state index in [0.29, 0.717) is 0 Å². The maximum absolute atomic E-state index is 13.1. The second-order valence-corrected chi connectivity index (χ2v) is 8.93. The van der Waals surface area contributed by atoms with Gasteiger partial charge in [0.1, 0.15) is 5.39 Å². The van der Waals surface area contributed by atoms with E-state index in [9.17, 15) is 23.1 Å². The summed E-state index contributed by atoms with van der Waals surface area (Å²) in [5.74, 6) is 0.176. The Labute approximate surface area is 170 Å². The van der Waals surface area contributed by atoms with E-state index in [1.165, 1.54) is 4.68 Å². The fraction of sp³-hybridized carbons (Fsp3) is 0.476. The van der Waals surface area contributed by atoms with E-state index in [4.69, 9.17) is 0 Å². The van der Waals surface area contributed by atoms with Crippen molar-refractivity contribution in [2.75, 3.05) is 0 Å². The van der Waals surface area contributed by atoms with Crippen LogP contribution in [0, 0.1) is 5.92 Å². The zero-order chi connectivity index (χ0) is 21.8. The highest BCUT2D eigenvalue weighted by Crippen LogP contribution is 2.44. The summed E-state index contributed by atoms with van der Waals surface area (Å²) in [5, 5.41) is 13.7. The van der Waals surface area contributed by atoms with Crippen LogP contribution in [0.1, 0.15) is 56.5 Å². The Morgan fingerprint density at radius 3 is 2.37 bits per heavy atom. The molecule has 1 atom stereocenters. The molecule has 6 nitrogen and oxygen atoms in total. The van der Waals surface area contributed by atoms with Crippen LogP contribution in [0.15, 0.2) is 29.1 Å². The minimum Gasteiger partial charge on any atom is -0.480 e. The second kappa shape index (κ2) is 6.85. The molecule has 0 saturated heterocycles. The van der Waals surface area contributed by atoms with Gasteiger partial charge in [-0.15, -0.1) is 0 Å². The summed E-state index contributed by atoms with van der Waals surface area (Å²) in [7, 11) is 0. The number of fused-ring (bicyclic) bond motifs is 1. The average molecular weight is 420 g/mol. The number of nitrogens with zero attached hydrogens (tertiary/aromatic N) is 3. The maximum atomic E-state index is 13.1. The van der Waals surface area contributed by atoms with Gasteiger partial charge in [0.25, 0.3) is 11.6 Å². The van der Waals surface area contributed by atoms with Crippen LogP contribution < -0.4 is 5.56 Å². The van der Waals surface area contributed by atoms with E-state index < -0.39 is 24.2 Å². The summed E-state index contributed by atoms with van der Waals surface area (Å²) >= 11 is 0. The fourth-order valence-corrected chi connectivity index (χ4v) is 3.82. The molecule has 0 amide bonds. The van der Waals surface area contributed by atoms with Crippen molar-refractivity contribution in [1.29, 1.82) is 0 Å². The van der Waals surface area contributed by atoms with Gasteiger partial charge in [0.05, 0.1) is 18.2 Å². The number of hydrogen-bond acceptors (Lipinski definition) is 4. The molecule has 1 saturated carbocycles. The van der Waals surface area contributed by atoms with E-state index in [1.54, 1.807) is 0 Å². The van der Waals surface area contributed by atoms with Gasteiger partial charge in [0.15, 0.2) is 5.65 Å². The van der Waals surface area contributed by atoms with Gasteiger partial charge in [-0.1, -0.05) is 45.0 Å². The van der Waals surface area contributed by atoms with Crippen LogP contribution in [-0.2, 0) is 11.8 Å². The Balaban J connectivity index is 1.88. The van der Waals surface area contributed by atoms with Crippen molar-refractivity contribution in [2.45, 2.75) is 57.7 Å². The molecule has 0 aliphatic heterocycles. The molecule has 2 aromatic heterocycles. The molecule has 1 fully saturated rings. The minimum absolute atomic E-state index is 0.0349. The van der Waals surface area contributed by atoms with Crippen LogP contribution in [-0.4, -0.2) is 31.0 Å². The Kier molecular flexibility index (Phi) is 4.67. The summed E-state index contributed by atoms with van der Waals surface area (Å²) in [4.78, 5) is 18.3. The maximum Gasteiger partial charge on any atom is 0.394 e. The summed E-state index contributed by atoms with van der Waals surface area (Å²) < 4.78 is 40.7. The number of alkyl halides is 3. The molecule has 1 aliphatic rings. The van der Waals surface area contributed by atoms with Crippen LogP contribution in [0.3, 0.4) is 0 Å². The number of aromatic hydroxyl groups is 1. The normalized spacial score (nSPS) is 16.2. The Morgan fingerprint density at radius 1 is 1.20 bits per heavy atom. The molecule has 9 heteroatoms. The molecule has 1 aromatic carbocycles. The van der Waals surface area contributed by atoms with E-state index in [2.05, 4.69) is 35.8 Å². The summed E-state index contributed by atoms with van der Waals surface area (Å²) in [5.41, 5.74) is 0.731. The first-order valence-electron chi connectivity index (χ1n) is 9.81. The van der Waals surface area contributed by atoms with Gasteiger partial charge < -0.3 is 5.11 Å². The first-order valence-corrected chi connectivity index (χ1v) is 9.81. The number of benzene rings is 1. The standard InChI is InChI=1S/C21H23F3N4O2/c1-20(2,3)13-8-6-12(7-9-13)16(11-4-5-11)28-17-15(18(29)26-19(30)25-17)14(27-28)10-21(22,23)24/h6-9,11,16H,4-5,10H2,1-3H3,(H2,25,26,29,30)/t16-/m1/s1. The number of aromatic amines is 1. The Morgan fingerprint density at radius 2 is 1.83 bits per heavy atom. The Bertz CT molecular complexity index is 1140.